The summed E-state index contributed by atoms with van der Waals surface area (Å²) in [6.07, 6.45) is 2.69. The van der Waals surface area contributed by atoms with Gasteiger partial charge in [-0.05, 0) is 56.7 Å². The van der Waals surface area contributed by atoms with Gasteiger partial charge in [0.1, 0.15) is 0 Å². The van der Waals surface area contributed by atoms with Crippen LogP contribution in [0.3, 0.4) is 0 Å². The number of Topliss-reactive ketones (excluding diaryl/α,β-unsaturated/α-hetero) is 1. The second-order valence-corrected chi connectivity index (χ2v) is 5.59. The van der Waals surface area contributed by atoms with Crippen molar-refractivity contribution < 1.29 is 24.2 Å². The molecule has 1 aromatic carbocycles. The van der Waals surface area contributed by atoms with Gasteiger partial charge in [-0.25, -0.2) is 4.79 Å². The fourth-order valence-corrected chi connectivity index (χ4v) is 2.22. The summed E-state index contributed by atoms with van der Waals surface area (Å²) in [5, 5.41) is 12.9. The van der Waals surface area contributed by atoms with E-state index in [9.17, 15) is 19.5 Å². The quantitative estimate of drug-likeness (QED) is 0.499. The van der Waals surface area contributed by atoms with Crippen molar-refractivity contribution in [3.8, 4) is 0 Å². The highest BCUT2D eigenvalue weighted by molar-refractivity contribution is 6.25. The molecule has 0 amide bonds. The molecule has 0 radical (unpaired) electrons. The Morgan fingerprint density at radius 3 is 2.50 bits per heavy atom. The first kappa shape index (κ1) is 17.6. The molecule has 6 nitrogen and oxygen atoms in total. The van der Waals surface area contributed by atoms with Gasteiger partial charge in [-0.3, -0.25) is 9.59 Å². The average Bonchev–Trinajstić information content (AvgIpc) is 2.54. The van der Waals surface area contributed by atoms with Gasteiger partial charge in [-0.1, -0.05) is 0 Å². The summed E-state index contributed by atoms with van der Waals surface area (Å²) in [5.74, 6) is -1.68. The van der Waals surface area contributed by atoms with Crippen LogP contribution in [0.25, 0.3) is 0 Å². The third kappa shape index (κ3) is 3.44. The van der Waals surface area contributed by atoms with Crippen molar-refractivity contribution in [3.05, 3.63) is 53.3 Å². The van der Waals surface area contributed by atoms with E-state index >= 15 is 0 Å². The lowest BCUT2D eigenvalue weighted by Gasteiger charge is -2.25. The summed E-state index contributed by atoms with van der Waals surface area (Å²) in [6.45, 7) is 4.85. The summed E-state index contributed by atoms with van der Waals surface area (Å²) >= 11 is 0. The maximum atomic E-state index is 12.2. The molecular formula is C18H19NO5. The highest BCUT2D eigenvalue weighted by Gasteiger charge is 2.42. The van der Waals surface area contributed by atoms with Gasteiger partial charge in [-0.15, -0.1) is 0 Å². The van der Waals surface area contributed by atoms with E-state index < -0.39 is 23.1 Å². The average molecular weight is 329 g/mol. The predicted octanol–water partition coefficient (Wildman–Crippen LogP) is 2.01. The number of esters is 1. The van der Waals surface area contributed by atoms with Crippen molar-refractivity contribution in [3.63, 3.8) is 0 Å². The maximum absolute atomic E-state index is 12.2. The SMILES string of the molecule is CCOC(=O)c1ccc(N/C=C2\C(=O)[C@](C)(O)C(=O)C=C2C)cc1. The first-order chi connectivity index (χ1) is 11.3. The molecule has 2 N–H and O–H groups in total. The van der Waals surface area contributed by atoms with Crippen LogP contribution in [0.5, 0.6) is 0 Å². The van der Waals surface area contributed by atoms with Crippen molar-refractivity contribution in [1.29, 1.82) is 0 Å². The maximum Gasteiger partial charge on any atom is 0.338 e. The summed E-state index contributed by atoms with van der Waals surface area (Å²) in [4.78, 5) is 35.5. The van der Waals surface area contributed by atoms with E-state index in [0.29, 0.717) is 23.4 Å². The third-order valence-electron chi connectivity index (χ3n) is 3.72. The zero-order valence-corrected chi connectivity index (χ0v) is 13.8. The van der Waals surface area contributed by atoms with Gasteiger partial charge in [-0.2, -0.15) is 0 Å². The molecule has 0 bridgehead atoms. The van der Waals surface area contributed by atoms with Crippen LogP contribution < -0.4 is 5.32 Å². The Hall–Kier alpha value is -2.73. The number of aliphatic hydroxyl groups is 1. The molecule has 6 heteroatoms. The molecule has 0 unspecified atom stereocenters. The van der Waals surface area contributed by atoms with Crippen LogP contribution in [0.4, 0.5) is 5.69 Å². The number of anilines is 1. The molecule has 0 saturated heterocycles. The van der Waals surface area contributed by atoms with Gasteiger partial charge in [0.15, 0.2) is 11.4 Å². The minimum absolute atomic E-state index is 0.231. The fraction of sp³-hybridized carbons (Fsp3) is 0.278. The number of nitrogens with one attached hydrogen (secondary N) is 1. The number of benzene rings is 1. The number of ketones is 2. The first-order valence-electron chi connectivity index (χ1n) is 7.51. The lowest BCUT2D eigenvalue weighted by Crippen LogP contribution is -2.46. The Bertz CT molecular complexity index is 741. The van der Waals surface area contributed by atoms with Gasteiger partial charge >= 0.3 is 5.97 Å². The molecule has 24 heavy (non-hydrogen) atoms. The molecule has 0 aliphatic heterocycles. The van der Waals surface area contributed by atoms with Crippen molar-refractivity contribution in [2.75, 3.05) is 11.9 Å². The summed E-state index contributed by atoms with van der Waals surface area (Å²) in [5.41, 5.74) is -0.261. The Morgan fingerprint density at radius 1 is 1.29 bits per heavy atom. The Kier molecular flexibility index (Phi) is 4.99. The molecule has 1 aliphatic carbocycles. The number of rotatable bonds is 4. The molecule has 1 atom stereocenters. The highest BCUT2D eigenvalue weighted by atomic mass is 16.5. The molecule has 0 saturated carbocycles. The molecule has 0 aromatic heterocycles. The minimum atomic E-state index is -2.04. The smallest absolute Gasteiger partial charge is 0.338 e. The predicted molar refractivity (Wildman–Crippen MR) is 88.5 cm³/mol. The Balaban J connectivity index is 2.18. The van der Waals surface area contributed by atoms with Crippen LogP contribution in [-0.2, 0) is 14.3 Å². The van der Waals surface area contributed by atoms with E-state index in [4.69, 9.17) is 4.74 Å². The van der Waals surface area contributed by atoms with Gasteiger partial charge in [0.05, 0.1) is 12.2 Å². The summed E-state index contributed by atoms with van der Waals surface area (Å²) in [7, 11) is 0. The standard InChI is InChI=1S/C18H19NO5/c1-4-24-17(22)12-5-7-13(8-6-12)19-10-14-11(2)9-15(20)18(3,23)16(14)21/h5-10,19,23H,4H2,1-3H3/b14-10-/t18-/m1/s1. The molecule has 0 spiro atoms. The van der Waals surface area contributed by atoms with Crippen molar-refractivity contribution >= 4 is 23.2 Å². The minimum Gasteiger partial charge on any atom is -0.462 e. The largest absolute Gasteiger partial charge is 0.462 e. The van der Waals surface area contributed by atoms with Crippen LogP contribution in [0.2, 0.25) is 0 Å². The lowest BCUT2D eigenvalue weighted by molar-refractivity contribution is -0.144. The van der Waals surface area contributed by atoms with E-state index in [2.05, 4.69) is 5.32 Å². The van der Waals surface area contributed by atoms with Gasteiger partial charge in [0.25, 0.3) is 0 Å². The van der Waals surface area contributed by atoms with Crippen LogP contribution in [0.15, 0.2) is 47.7 Å². The normalized spacial score (nSPS) is 22.3. The van der Waals surface area contributed by atoms with E-state index in [1.165, 1.54) is 19.2 Å². The van der Waals surface area contributed by atoms with Crippen molar-refractivity contribution in [1.82, 2.24) is 0 Å². The van der Waals surface area contributed by atoms with E-state index in [0.717, 1.165) is 0 Å². The lowest BCUT2D eigenvalue weighted by atomic mass is 9.82. The van der Waals surface area contributed by atoms with Crippen LogP contribution >= 0.6 is 0 Å². The zero-order chi connectivity index (χ0) is 17.9. The van der Waals surface area contributed by atoms with Gasteiger partial charge in [0.2, 0.25) is 5.78 Å². The van der Waals surface area contributed by atoms with E-state index in [1.54, 1.807) is 38.1 Å². The number of hydrogen-bond acceptors (Lipinski definition) is 6. The molecular weight excluding hydrogens is 310 g/mol. The van der Waals surface area contributed by atoms with Crippen LogP contribution in [0.1, 0.15) is 31.1 Å². The topological polar surface area (TPSA) is 92.7 Å². The molecule has 1 aromatic rings. The fourth-order valence-electron chi connectivity index (χ4n) is 2.22. The molecule has 1 aliphatic rings. The second-order valence-electron chi connectivity index (χ2n) is 5.59. The van der Waals surface area contributed by atoms with E-state index in [-0.39, 0.29) is 5.57 Å². The molecule has 126 valence electrons. The van der Waals surface area contributed by atoms with Crippen LogP contribution in [-0.4, -0.2) is 34.9 Å². The number of carbonyl (C=O) groups excluding carboxylic acids is 3. The molecule has 2 rings (SSSR count). The Morgan fingerprint density at radius 2 is 1.92 bits per heavy atom. The van der Waals surface area contributed by atoms with Crippen molar-refractivity contribution in [2.45, 2.75) is 26.4 Å². The number of ether oxygens (including phenoxy) is 1. The number of carbonyl (C=O) groups is 3. The summed E-state index contributed by atoms with van der Waals surface area (Å²) in [6, 6.07) is 6.53. The zero-order valence-electron chi connectivity index (χ0n) is 13.8. The number of hydrogen-bond donors (Lipinski definition) is 2. The molecule has 0 fully saturated rings. The van der Waals surface area contributed by atoms with Gasteiger partial charge < -0.3 is 15.2 Å². The second kappa shape index (κ2) is 6.80. The van der Waals surface area contributed by atoms with E-state index in [1.807, 2.05) is 0 Å². The highest BCUT2D eigenvalue weighted by Crippen LogP contribution is 2.26. The molecule has 0 heterocycles. The van der Waals surface area contributed by atoms with Gasteiger partial charge in [0, 0.05) is 17.5 Å². The van der Waals surface area contributed by atoms with Crippen molar-refractivity contribution in [2.24, 2.45) is 0 Å². The first-order valence-corrected chi connectivity index (χ1v) is 7.51. The number of allylic oxidation sites excluding steroid dienone is 1. The monoisotopic (exact) mass is 329 g/mol. The summed E-state index contributed by atoms with van der Waals surface area (Å²) < 4.78 is 4.90. The Labute approximate surface area is 139 Å². The third-order valence-corrected chi connectivity index (χ3v) is 3.72. The van der Waals surface area contributed by atoms with Crippen LogP contribution in [0, 0.1) is 0 Å².